The van der Waals surface area contributed by atoms with Crippen LogP contribution in [0.5, 0.6) is 5.75 Å². The quantitative estimate of drug-likeness (QED) is 0.337. The van der Waals surface area contributed by atoms with Gasteiger partial charge in [-0.2, -0.15) is 8.78 Å². The van der Waals surface area contributed by atoms with Gasteiger partial charge < -0.3 is 20.1 Å². The first-order chi connectivity index (χ1) is 18.2. The van der Waals surface area contributed by atoms with E-state index in [2.05, 4.69) is 10.3 Å². The zero-order chi connectivity index (χ0) is 26.9. The molecule has 2 fully saturated rings. The molecular weight excluding hydrogens is 539 g/mol. The molecule has 1 amide bonds. The lowest BCUT2D eigenvalue weighted by molar-refractivity contribution is -0.149. The van der Waals surface area contributed by atoms with Crippen LogP contribution in [0.15, 0.2) is 47.8 Å². The van der Waals surface area contributed by atoms with Crippen molar-refractivity contribution in [2.24, 2.45) is 0 Å². The molecule has 1 aliphatic heterocycles. The number of hydrogen-bond donors (Lipinski definition) is 2. The summed E-state index contributed by atoms with van der Waals surface area (Å²) in [7, 11) is 0. The molecule has 11 heteroatoms. The number of amides is 1. The second kappa shape index (κ2) is 11.2. The summed E-state index contributed by atoms with van der Waals surface area (Å²) in [6.07, 6.45) is 2.69. The zero-order valence-corrected chi connectivity index (χ0v) is 22.0. The molecule has 6 nitrogen and oxygen atoms in total. The van der Waals surface area contributed by atoms with Crippen LogP contribution in [0.4, 0.5) is 13.2 Å². The summed E-state index contributed by atoms with van der Waals surface area (Å²) in [5, 5.41) is 15.2. The first kappa shape index (κ1) is 26.9. The van der Waals surface area contributed by atoms with E-state index < -0.39 is 35.5 Å². The van der Waals surface area contributed by atoms with Crippen molar-refractivity contribution in [3.63, 3.8) is 0 Å². The Labute approximate surface area is 227 Å². The van der Waals surface area contributed by atoms with Crippen LogP contribution in [0.3, 0.4) is 0 Å². The fraction of sp³-hybridized carbons (Fsp3) is 0.407. The Balaban J connectivity index is 1.34. The molecule has 3 aromatic rings. The third-order valence-electron chi connectivity index (χ3n) is 6.67. The third-order valence-corrected chi connectivity index (χ3v) is 7.86. The van der Waals surface area contributed by atoms with Crippen molar-refractivity contribution in [2.45, 2.75) is 49.9 Å². The number of hydrogen-bond acceptors (Lipinski definition) is 6. The van der Waals surface area contributed by atoms with Crippen molar-refractivity contribution in [1.82, 2.24) is 15.2 Å². The number of benzene rings is 2. The highest BCUT2D eigenvalue weighted by atomic mass is 35.5. The van der Waals surface area contributed by atoms with Gasteiger partial charge in [-0.3, -0.25) is 4.79 Å². The molecule has 202 valence electrons. The average molecular weight is 566 g/mol. The van der Waals surface area contributed by atoms with Crippen molar-refractivity contribution in [1.29, 1.82) is 0 Å². The number of carbonyl (C=O) groups is 1. The van der Waals surface area contributed by atoms with Gasteiger partial charge in [-0.25, -0.2) is 9.37 Å². The number of aromatic nitrogens is 1. The van der Waals surface area contributed by atoms with Crippen LogP contribution < -0.4 is 10.1 Å². The Morgan fingerprint density at radius 2 is 1.92 bits per heavy atom. The van der Waals surface area contributed by atoms with Gasteiger partial charge in [-0.05, 0) is 80.7 Å². The molecule has 0 bridgehead atoms. The van der Waals surface area contributed by atoms with Crippen molar-refractivity contribution in [3.8, 4) is 16.3 Å². The van der Waals surface area contributed by atoms with Gasteiger partial charge in [-0.15, -0.1) is 11.3 Å². The number of halogens is 4. The second-order valence-corrected chi connectivity index (χ2v) is 10.9. The number of ether oxygens (including phenoxy) is 1. The average Bonchev–Trinajstić information content (AvgIpc) is 3.33. The fourth-order valence-electron chi connectivity index (χ4n) is 4.38. The molecule has 2 atom stereocenters. The van der Waals surface area contributed by atoms with Gasteiger partial charge in [0, 0.05) is 17.5 Å². The molecule has 5 rings (SSSR count). The molecule has 2 aromatic carbocycles. The molecule has 38 heavy (non-hydrogen) atoms. The summed E-state index contributed by atoms with van der Waals surface area (Å²) in [5.74, 6) is -5.46. The molecule has 1 aliphatic carbocycles. The predicted molar refractivity (Wildman–Crippen MR) is 139 cm³/mol. The minimum Gasteiger partial charge on any atom is -0.489 e. The first-order valence-electron chi connectivity index (χ1n) is 12.5. The van der Waals surface area contributed by atoms with Gasteiger partial charge in [0.1, 0.15) is 28.4 Å². The molecule has 2 heterocycles. The number of aliphatic hydroxyl groups excluding tert-OH is 1. The topological polar surface area (TPSA) is 74.7 Å². The summed E-state index contributed by atoms with van der Waals surface area (Å²) in [4.78, 5) is 18.9. The first-order valence-corrected chi connectivity index (χ1v) is 13.7. The highest BCUT2D eigenvalue weighted by Crippen LogP contribution is 2.36. The second-order valence-electron chi connectivity index (χ2n) is 9.66. The van der Waals surface area contributed by atoms with E-state index >= 15 is 8.78 Å². The zero-order valence-electron chi connectivity index (χ0n) is 20.4. The maximum absolute atomic E-state index is 15.3. The highest BCUT2D eigenvalue weighted by Gasteiger charge is 2.45. The summed E-state index contributed by atoms with van der Waals surface area (Å²) in [5.41, 5.74) is 0.142. The number of nitrogens with one attached hydrogen (secondary N) is 1. The number of thiazole rings is 1. The van der Waals surface area contributed by atoms with E-state index in [-0.39, 0.29) is 17.7 Å². The molecule has 1 saturated carbocycles. The van der Waals surface area contributed by atoms with Crippen LogP contribution in [0.25, 0.3) is 10.6 Å². The number of likely N-dealkylation sites (tertiary alicyclic amines) is 1. The van der Waals surface area contributed by atoms with Crippen LogP contribution in [-0.2, 0) is 10.7 Å². The smallest absolute Gasteiger partial charge is 0.366 e. The van der Waals surface area contributed by atoms with Gasteiger partial charge >= 0.3 is 5.92 Å². The van der Waals surface area contributed by atoms with Crippen LogP contribution in [0.1, 0.15) is 43.0 Å². The van der Waals surface area contributed by atoms with E-state index in [1.807, 2.05) is 4.90 Å². The molecule has 2 unspecified atom stereocenters. The number of carbonyl (C=O) groups excluding carboxylic acids is 1. The molecule has 0 spiro atoms. The van der Waals surface area contributed by atoms with Crippen LogP contribution in [0.2, 0.25) is 5.02 Å². The van der Waals surface area contributed by atoms with E-state index in [0.717, 1.165) is 55.5 Å². The van der Waals surface area contributed by atoms with Gasteiger partial charge in [0.25, 0.3) is 5.91 Å². The molecule has 2 N–H and O–H groups in total. The van der Waals surface area contributed by atoms with Crippen LogP contribution in [-0.4, -0.2) is 52.7 Å². The maximum Gasteiger partial charge on any atom is 0.366 e. The Morgan fingerprint density at radius 3 is 2.58 bits per heavy atom. The molecule has 0 radical (unpaired) electrons. The Hall–Kier alpha value is -2.66. The van der Waals surface area contributed by atoms with E-state index in [1.165, 1.54) is 24.3 Å². The van der Waals surface area contributed by atoms with Crippen molar-refractivity contribution >= 4 is 28.8 Å². The summed E-state index contributed by atoms with van der Waals surface area (Å²) < 4.78 is 49.5. The number of nitrogens with zero attached hydrogens (tertiary/aromatic N) is 2. The maximum atomic E-state index is 15.3. The molecular formula is C27H27ClF3N3O3S. The van der Waals surface area contributed by atoms with E-state index in [9.17, 15) is 14.3 Å². The lowest BCUT2D eigenvalue weighted by Gasteiger charge is -2.30. The van der Waals surface area contributed by atoms with Gasteiger partial charge in [0.15, 0.2) is 0 Å². The minimum absolute atomic E-state index is 0.141. The third kappa shape index (κ3) is 6.14. The highest BCUT2D eigenvalue weighted by molar-refractivity contribution is 7.13. The van der Waals surface area contributed by atoms with Crippen molar-refractivity contribution in [3.05, 3.63) is 69.9 Å². The largest absolute Gasteiger partial charge is 0.489 e. The normalized spacial score (nSPS) is 17.8. The van der Waals surface area contributed by atoms with Crippen LogP contribution in [0, 0.1) is 5.82 Å². The van der Waals surface area contributed by atoms with Gasteiger partial charge in [0.2, 0.25) is 0 Å². The monoisotopic (exact) mass is 565 g/mol. The summed E-state index contributed by atoms with van der Waals surface area (Å²) in [6.45, 7) is 1.69. The number of alkyl halides is 2. The molecule has 1 aromatic heterocycles. The Bertz CT molecular complexity index is 1280. The summed E-state index contributed by atoms with van der Waals surface area (Å²) >= 11 is 7.29. The van der Waals surface area contributed by atoms with E-state index in [0.29, 0.717) is 21.9 Å². The van der Waals surface area contributed by atoms with E-state index in [1.54, 1.807) is 18.2 Å². The molecule has 2 aliphatic rings. The fourth-order valence-corrected chi connectivity index (χ4v) is 5.46. The van der Waals surface area contributed by atoms with Crippen molar-refractivity contribution in [2.75, 3.05) is 19.6 Å². The minimum atomic E-state index is -3.95. The lowest BCUT2D eigenvalue weighted by atomic mass is 10.0. The van der Waals surface area contributed by atoms with Crippen LogP contribution >= 0.6 is 22.9 Å². The van der Waals surface area contributed by atoms with Gasteiger partial charge in [0.05, 0.1) is 17.2 Å². The molecule has 1 saturated heterocycles. The number of aliphatic hydroxyl groups is 1. The Morgan fingerprint density at radius 1 is 1.21 bits per heavy atom. The standard InChI is InChI=1S/C27H27ClF3N3O3S/c28-20-13-17(5-10-22(20)37-19-8-9-19)24(35)21(14-34-11-1-2-12-34)32-26(36)27(30,31)23-15-38-25(33-23)16-3-6-18(29)7-4-16/h3-7,10,13,15,19,21,24,35H,1-2,8-9,11-12,14H2,(H,32,36). The van der Waals surface area contributed by atoms with E-state index in [4.69, 9.17) is 16.3 Å². The number of rotatable bonds is 10. The lowest BCUT2D eigenvalue weighted by Crippen LogP contribution is -2.51. The van der Waals surface area contributed by atoms with Gasteiger partial charge in [-0.1, -0.05) is 17.7 Å². The summed E-state index contributed by atoms with van der Waals surface area (Å²) in [6, 6.07) is 9.09. The Kier molecular flexibility index (Phi) is 7.95. The van der Waals surface area contributed by atoms with Crippen molar-refractivity contribution < 1.29 is 27.8 Å². The predicted octanol–water partition coefficient (Wildman–Crippen LogP) is 5.55. The SMILES string of the molecule is O=C(NC(CN1CCCC1)C(O)c1ccc(OC2CC2)c(Cl)c1)C(F)(F)c1csc(-c2ccc(F)cc2)n1.